The zero-order valence-electron chi connectivity index (χ0n) is 17.4. The van der Waals surface area contributed by atoms with Crippen molar-refractivity contribution in [1.82, 2.24) is 10.0 Å². The summed E-state index contributed by atoms with van der Waals surface area (Å²) in [5, 5.41) is 12.7. The van der Waals surface area contributed by atoms with E-state index in [4.69, 9.17) is 9.47 Å². The second kappa shape index (κ2) is 10.7. The summed E-state index contributed by atoms with van der Waals surface area (Å²) in [5.74, 6) is 0.0633. The molecule has 0 aliphatic carbocycles. The number of hydrogen-bond donors (Lipinski definition) is 3. The van der Waals surface area contributed by atoms with E-state index >= 15 is 0 Å². The third-order valence-corrected chi connectivity index (χ3v) is 7.30. The smallest absolute Gasteiger partial charge is 0.240 e. The van der Waals surface area contributed by atoms with Gasteiger partial charge in [0.25, 0.3) is 0 Å². The van der Waals surface area contributed by atoms with Gasteiger partial charge in [0.15, 0.2) is 0 Å². The lowest BCUT2D eigenvalue weighted by atomic mass is 9.97. The third kappa shape index (κ3) is 6.24. The summed E-state index contributed by atoms with van der Waals surface area (Å²) in [7, 11) is -3.69. The lowest BCUT2D eigenvalue weighted by Crippen LogP contribution is -2.51. The Hall–Kier alpha value is -1.52. The Morgan fingerprint density at radius 3 is 2.50 bits per heavy atom. The lowest BCUT2D eigenvalue weighted by molar-refractivity contribution is -0.128. The molecule has 1 aromatic carbocycles. The number of sulfonamides is 1. The number of ether oxygens (including phenoxy) is 2. The molecule has 2 fully saturated rings. The first kappa shape index (κ1) is 23.1. The van der Waals surface area contributed by atoms with Crippen LogP contribution in [0.2, 0.25) is 0 Å². The summed E-state index contributed by atoms with van der Waals surface area (Å²) in [6.07, 6.45) is 2.61. The van der Waals surface area contributed by atoms with Crippen molar-refractivity contribution >= 4 is 15.9 Å². The molecule has 3 N–H and O–H groups in total. The first-order chi connectivity index (χ1) is 14.4. The highest BCUT2D eigenvalue weighted by molar-refractivity contribution is 7.89. The van der Waals surface area contributed by atoms with Crippen LogP contribution in [-0.2, 0) is 24.3 Å². The van der Waals surface area contributed by atoms with E-state index in [1.54, 1.807) is 24.3 Å². The molecule has 3 rings (SSSR count). The number of amides is 1. The molecule has 9 heteroatoms. The fraction of sp³-hybridized carbons (Fsp3) is 0.667. The molecule has 1 amide bonds. The van der Waals surface area contributed by atoms with Gasteiger partial charge in [0, 0.05) is 25.7 Å². The molecule has 0 unspecified atom stereocenters. The third-order valence-electron chi connectivity index (χ3n) is 5.79. The number of nitrogens with one attached hydrogen (secondary N) is 2. The minimum Gasteiger partial charge on any atom is -0.394 e. The summed E-state index contributed by atoms with van der Waals surface area (Å²) >= 11 is 0. The highest BCUT2D eigenvalue weighted by atomic mass is 32.2. The van der Waals surface area contributed by atoms with Crippen molar-refractivity contribution in [2.75, 3.05) is 26.4 Å². The molecule has 1 aromatic rings. The number of benzene rings is 1. The van der Waals surface area contributed by atoms with Crippen LogP contribution in [-0.4, -0.2) is 64.0 Å². The summed E-state index contributed by atoms with van der Waals surface area (Å²) in [4.78, 5) is 12.4. The van der Waals surface area contributed by atoms with Gasteiger partial charge in [0.2, 0.25) is 15.9 Å². The highest BCUT2D eigenvalue weighted by Gasteiger charge is 2.34. The summed E-state index contributed by atoms with van der Waals surface area (Å²) in [5.41, 5.74) is 0.981. The molecule has 0 radical (unpaired) electrons. The van der Waals surface area contributed by atoms with Crippen LogP contribution < -0.4 is 10.0 Å². The van der Waals surface area contributed by atoms with Gasteiger partial charge in [-0.15, -0.1) is 0 Å². The minimum absolute atomic E-state index is 0.0109. The molecule has 0 aromatic heterocycles. The molecule has 168 valence electrons. The normalized spacial score (nSPS) is 25.7. The Bertz CT molecular complexity index is 792. The first-order valence-corrected chi connectivity index (χ1v) is 12.1. The van der Waals surface area contributed by atoms with Crippen LogP contribution in [0.3, 0.4) is 0 Å². The second-order valence-corrected chi connectivity index (χ2v) is 9.78. The van der Waals surface area contributed by atoms with Crippen LogP contribution in [0.4, 0.5) is 0 Å². The summed E-state index contributed by atoms with van der Waals surface area (Å²) < 4.78 is 39.2. The van der Waals surface area contributed by atoms with Crippen molar-refractivity contribution in [2.45, 2.75) is 62.2 Å². The average Bonchev–Trinajstić information content (AvgIpc) is 2.75. The number of carbonyl (C=O) groups excluding carboxylic acids is 1. The van der Waals surface area contributed by atoms with Gasteiger partial charge in [-0.2, -0.15) is 0 Å². The molecule has 3 atom stereocenters. The quantitative estimate of drug-likeness (QED) is 0.558. The van der Waals surface area contributed by atoms with E-state index in [9.17, 15) is 18.3 Å². The SMILES string of the molecule is Cc1ccc(S(=O)(=O)N[C@H]2CC[C@H](CCNC(=O)C3CCOCC3)O[C@@H]2CO)cc1. The Morgan fingerprint density at radius 2 is 1.83 bits per heavy atom. The van der Waals surface area contributed by atoms with Gasteiger partial charge in [-0.1, -0.05) is 17.7 Å². The number of rotatable bonds is 8. The summed E-state index contributed by atoms with van der Waals surface area (Å²) in [6.45, 7) is 3.38. The summed E-state index contributed by atoms with van der Waals surface area (Å²) in [6, 6.07) is 6.15. The molecule has 0 saturated carbocycles. The van der Waals surface area contributed by atoms with E-state index < -0.39 is 22.2 Å². The van der Waals surface area contributed by atoms with Crippen molar-refractivity contribution in [3.05, 3.63) is 29.8 Å². The molecule has 0 spiro atoms. The van der Waals surface area contributed by atoms with Crippen LogP contribution in [0.5, 0.6) is 0 Å². The lowest BCUT2D eigenvalue weighted by Gasteiger charge is -2.36. The highest BCUT2D eigenvalue weighted by Crippen LogP contribution is 2.24. The molecule has 2 saturated heterocycles. The maximum absolute atomic E-state index is 12.6. The number of carbonyl (C=O) groups is 1. The Labute approximate surface area is 178 Å². The van der Waals surface area contributed by atoms with Gasteiger partial charge in [-0.05, 0) is 51.2 Å². The molecule has 30 heavy (non-hydrogen) atoms. The topological polar surface area (TPSA) is 114 Å². The van der Waals surface area contributed by atoms with E-state index in [2.05, 4.69) is 10.0 Å². The molecule has 2 heterocycles. The van der Waals surface area contributed by atoms with E-state index in [-0.39, 0.29) is 29.4 Å². The zero-order valence-corrected chi connectivity index (χ0v) is 18.2. The van der Waals surface area contributed by atoms with Gasteiger partial charge < -0.3 is 19.9 Å². The maximum atomic E-state index is 12.6. The molecular formula is C21H32N2O6S. The number of aryl methyl sites for hydroxylation is 1. The Morgan fingerprint density at radius 1 is 1.13 bits per heavy atom. The first-order valence-electron chi connectivity index (χ1n) is 10.6. The van der Waals surface area contributed by atoms with E-state index in [1.807, 2.05) is 6.92 Å². The predicted molar refractivity (Wildman–Crippen MR) is 111 cm³/mol. The second-order valence-electron chi connectivity index (χ2n) is 8.06. The van der Waals surface area contributed by atoms with E-state index in [0.29, 0.717) is 39.0 Å². The Kier molecular flexibility index (Phi) is 8.24. The largest absolute Gasteiger partial charge is 0.394 e. The van der Waals surface area contributed by atoms with E-state index in [1.165, 1.54) is 0 Å². The van der Waals surface area contributed by atoms with Gasteiger partial charge in [0.1, 0.15) is 0 Å². The van der Waals surface area contributed by atoms with Crippen LogP contribution in [0.1, 0.15) is 37.7 Å². The van der Waals surface area contributed by atoms with Gasteiger partial charge >= 0.3 is 0 Å². The molecular weight excluding hydrogens is 408 g/mol. The maximum Gasteiger partial charge on any atom is 0.240 e. The minimum atomic E-state index is -3.69. The van der Waals surface area contributed by atoms with E-state index in [0.717, 1.165) is 18.4 Å². The van der Waals surface area contributed by atoms with Crippen LogP contribution in [0, 0.1) is 12.8 Å². The van der Waals surface area contributed by atoms with Crippen LogP contribution in [0.25, 0.3) is 0 Å². The van der Waals surface area contributed by atoms with Crippen molar-refractivity contribution in [2.24, 2.45) is 5.92 Å². The standard InChI is InChI=1S/C21H32N2O6S/c1-15-2-5-18(6-3-15)30(26,27)23-19-7-4-17(29-20(19)14-24)8-11-22-21(25)16-9-12-28-13-10-16/h2-3,5-6,16-17,19-20,23-24H,4,7-14H2,1H3,(H,22,25)/t17-,19+,20-/m1/s1. The predicted octanol–water partition coefficient (Wildman–Crippen LogP) is 1.11. The van der Waals surface area contributed by atoms with Crippen molar-refractivity contribution in [3.63, 3.8) is 0 Å². The number of aliphatic hydroxyl groups is 1. The molecule has 0 bridgehead atoms. The average molecular weight is 441 g/mol. The van der Waals surface area contributed by atoms with Crippen LogP contribution >= 0.6 is 0 Å². The molecule has 2 aliphatic rings. The number of aliphatic hydroxyl groups excluding tert-OH is 1. The van der Waals surface area contributed by atoms with Gasteiger partial charge in [-0.3, -0.25) is 4.79 Å². The zero-order chi connectivity index (χ0) is 21.6. The van der Waals surface area contributed by atoms with Crippen molar-refractivity contribution in [1.29, 1.82) is 0 Å². The molecule has 8 nitrogen and oxygen atoms in total. The monoisotopic (exact) mass is 440 g/mol. The van der Waals surface area contributed by atoms with Crippen molar-refractivity contribution < 1.29 is 27.8 Å². The fourth-order valence-electron chi connectivity index (χ4n) is 3.92. The van der Waals surface area contributed by atoms with Gasteiger partial charge in [-0.25, -0.2) is 13.1 Å². The fourth-order valence-corrected chi connectivity index (χ4v) is 5.22. The number of hydrogen-bond acceptors (Lipinski definition) is 6. The van der Waals surface area contributed by atoms with Crippen LogP contribution in [0.15, 0.2) is 29.2 Å². The van der Waals surface area contributed by atoms with Crippen molar-refractivity contribution in [3.8, 4) is 0 Å². The molecule has 2 aliphatic heterocycles. The van der Waals surface area contributed by atoms with Gasteiger partial charge in [0.05, 0.1) is 29.8 Å². The Balaban J connectivity index is 1.47.